The third-order valence-electron chi connectivity index (χ3n) is 5.93. The van der Waals surface area contributed by atoms with E-state index >= 15 is 0 Å². The fourth-order valence-electron chi connectivity index (χ4n) is 4.64. The zero-order valence-electron chi connectivity index (χ0n) is 13.9. The second-order valence-corrected chi connectivity index (χ2v) is 7.07. The molecule has 2 aromatic heterocycles. The van der Waals surface area contributed by atoms with Gasteiger partial charge in [0, 0.05) is 18.3 Å². The lowest BCUT2D eigenvalue weighted by molar-refractivity contribution is -0.151. The van der Waals surface area contributed by atoms with Crippen molar-refractivity contribution in [1.82, 2.24) is 14.5 Å². The topological polar surface area (TPSA) is 74.9 Å². The van der Waals surface area contributed by atoms with E-state index in [1.54, 1.807) is 10.7 Å². The van der Waals surface area contributed by atoms with Gasteiger partial charge in [0.2, 0.25) is 0 Å². The van der Waals surface area contributed by atoms with Gasteiger partial charge in [-0.05, 0) is 44.2 Å². The Bertz CT molecular complexity index is 843. The number of aromatic nitrogens is 2. The summed E-state index contributed by atoms with van der Waals surface area (Å²) in [7, 11) is 0. The van der Waals surface area contributed by atoms with Crippen LogP contribution in [-0.2, 0) is 4.79 Å². The molecule has 1 N–H and O–H groups in total. The second kappa shape index (κ2) is 5.06. The number of fused-ring (bicyclic) bond motifs is 3. The van der Waals surface area contributed by atoms with Gasteiger partial charge in [-0.2, -0.15) is 5.10 Å². The zero-order valence-corrected chi connectivity index (χ0v) is 13.9. The van der Waals surface area contributed by atoms with Crippen LogP contribution in [0, 0.1) is 12.3 Å². The molecular formula is C18H21N3O3. The van der Waals surface area contributed by atoms with Crippen LogP contribution in [0.4, 0.5) is 0 Å². The lowest BCUT2D eigenvalue weighted by atomic mass is 9.72. The third kappa shape index (κ3) is 1.85. The molecule has 4 rings (SSSR count). The number of aliphatic carboxylic acids is 1. The third-order valence-corrected chi connectivity index (χ3v) is 5.93. The lowest BCUT2D eigenvalue weighted by Crippen LogP contribution is -2.44. The number of carbonyl (C=O) groups is 2. The largest absolute Gasteiger partial charge is 0.481 e. The van der Waals surface area contributed by atoms with Crippen molar-refractivity contribution in [3.63, 3.8) is 0 Å². The van der Waals surface area contributed by atoms with Crippen molar-refractivity contribution in [2.24, 2.45) is 5.41 Å². The van der Waals surface area contributed by atoms with Gasteiger partial charge < -0.3 is 10.0 Å². The summed E-state index contributed by atoms with van der Waals surface area (Å²) in [6, 6.07) is 3.68. The Morgan fingerprint density at radius 2 is 2.17 bits per heavy atom. The molecule has 2 fully saturated rings. The van der Waals surface area contributed by atoms with Gasteiger partial charge in [0.25, 0.3) is 5.91 Å². The molecule has 2 aromatic rings. The van der Waals surface area contributed by atoms with Gasteiger partial charge in [0.15, 0.2) is 0 Å². The maximum Gasteiger partial charge on any atom is 0.311 e. The summed E-state index contributed by atoms with van der Waals surface area (Å²) in [5, 5.41) is 14.1. The van der Waals surface area contributed by atoms with Crippen LogP contribution in [0.3, 0.4) is 0 Å². The van der Waals surface area contributed by atoms with Crippen molar-refractivity contribution in [3.8, 4) is 0 Å². The number of amides is 1. The van der Waals surface area contributed by atoms with Gasteiger partial charge in [-0.3, -0.25) is 9.59 Å². The SMILES string of the molecule is CC[C@@]1(C(=O)O)C[C@@H]2CC[C@H]1N2C(=O)c1cnn2cc(C)ccc12. The van der Waals surface area contributed by atoms with E-state index in [-0.39, 0.29) is 18.0 Å². The molecule has 2 aliphatic heterocycles. The Labute approximate surface area is 140 Å². The number of hydrogen-bond donors (Lipinski definition) is 1. The highest BCUT2D eigenvalue weighted by Crippen LogP contribution is 2.52. The molecule has 0 aromatic carbocycles. The first-order chi connectivity index (χ1) is 11.5. The van der Waals surface area contributed by atoms with Crippen LogP contribution in [0.15, 0.2) is 24.5 Å². The van der Waals surface area contributed by atoms with Crippen LogP contribution in [0.25, 0.3) is 5.52 Å². The zero-order chi connectivity index (χ0) is 17.1. The monoisotopic (exact) mass is 327 g/mol. The molecule has 4 heterocycles. The molecule has 0 radical (unpaired) electrons. The minimum absolute atomic E-state index is 0.0268. The number of rotatable bonds is 3. The van der Waals surface area contributed by atoms with Crippen molar-refractivity contribution in [2.45, 2.75) is 51.6 Å². The van der Waals surface area contributed by atoms with Gasteiger partial charge >= 0.3 is 5.97 Å². The highest BCUT2D eigenvalue weighted by Gasteiger charge is 2.60. The number of nitrogens with zero attached hydrogens (tertiary/aromatic N) is 3. The van der Waals surface area contributed by atoms with Crippen LogP contribution < -0.4 is 0 Å². The average Bonchev–Trinajstić information content (AvgIpc) is 3.24. The summed E-state index contributed by atoms with van der Waals surface area (Å²) in [6.07, 6.45) is 6.27. The molecule has 0 unspecified atom stereocenters. The maximum absolute atomic E-state index is 13.2. The predicted molar refractivity (Wildman–Crippen MR) is 87.9 cm³/mol. The minimum Gasteiger partial charge on any atom is -0.481 e. The Morgan fingerprint density at radius 3 is 2.83 bits per heavy atom. The van der Waals surface area contributed by atoms with Crippen molar-refractivity contribution >= 4 is 17.4 Å². The second-order valence-electron chi connectivity index (χ2n) is 7.07. The van der Waals surface area contributed by atoms with E-state index in [0.717, 1.165) is 23.9 Å². The normalized spacial score (nSPS) is 28.7. The summed E-state index contributed by atoms with van der Waals surface area (Å²) < 4.78 is 1.71. The predicted octanol–water partition coefficient (Wildman–Crippen LogP) is 2.50. The van der Waals surface area contributed by atoms with E-state index in [4.69, 9.17) is 0 Å². The van der Waals surface area contributed by atoms with E-state index < -0.39 is 11.4 Å². The molecule has 3 atom stereocenters. The summed E-state index contributed by atoms with van der Waals surface area (Å²) in [6.45, 7) is 3.89. The first-order valence-electron chi connectivity index (χ1n) is 8.48. The van der Waals surface area contributed by atoms with Gasteiger partial charge in [0.1, 0.15) is 0 Å². The van der Waals surface area contributed by atoms with Crippen molar-refractivity contribution in [3.05, 3.63) is 35.7 Å². The van der Waals surface area contributed by atoms with Crippen molar-refractivity contribution in [1.29, 1.82) is 0 Å². The molecule has 2 aliphatic rings. The molecule has 2 bridgehead atoms. The lowest BCUT2D eigenvalue weighted by Gasteiger charge is -2.32. The van der Waals surface area contributed by atoms with E-state index in [1.165, 1.54) is 0 Å². The summed E-state index contributed by atoms with van der Waals surface area (Å²) in [5.74, 6) is -0.858. The van der Waals surface area contributed by atoms with Gasteiger partial charge in [-0.25, -0.2) is 4.52 Å². The molecule has 1 amide bonds. The molecule has 0 aliphatic carbocycles. The molecular weight excluding hydrogens is 306 g/mol. The smallest absolute Gasteiger partial charge is 0.311 e. The number of carboxylic acids is 1. The number of carbonyl (C=O) groups excluding carboxylic acids is 1. The molecule has 24 heavy (non-hydrogen) atoms. The van der Waals surface area contributed by atoms with Crippen LogP contribution >= 0.6 is 0 Å². The molecule has 0 spiro atoms. The van der Waals surface area contributed by atoms with Crippen LogP contribution in [0.1, 0.15) is 48.5 Å². The standard InChI is InChI=1S/C18H21N3O3/c1-3-18(17(23)24)8-12-5-7-15(18)21(12)16(22)13-9-19-20-10-11(2)4-6-14(13)20/h4,6,9-10,12,15H,3,5,7-8H2,1-2H3,(H,23,24)/t12-,15+,18+/m0/s1. The molecule has 6 heteroatoms. The fourth-order valence-corrected chi connectivity index (χ4v) is 4.64. The van der Waals surface area contributed by atoms with Crippen LogP contribution in [-0.4, -0.2) is 43.6 Å². The van der Waals surface area contributed by atoms with Gasteiger partial charge in [-0.1, -0.05) is 13.0 Å². The Balaban J connectivity index is 1.74. The first kappa shape index (κ1) is 15.2. The van der Waals surface area contributed by atoms with Gasteiger partial charge in [0.05, 0.1) is 22.7 Å². The maximum atomic E-state index is 13.2. The highest BCUT2D eigenvalue weighted by atomic mass is 16.4. The summed E-state index contributed by atoms with van der Waals surface area (Å²) in [4.78, 5) is 26.9. The fraction of sp³-hybridized carbons (Fsp3) is 0.500. The van der Waals surface area contributed by atoms with Crippen LogP contribution in [0.2, 0.25) is 0 Å². The molecule has 6 nitrogen and oxygen atoms in total. The quantitative estimate of drug-likeness (QED) is 0.940. The van der Waals surface area contributed by atoms with E-state index in [0.29, 0.717) is 18.4 Å². The number of carboxylic acid groups (broad SMARTS) is 1. The first-order valence-corrected chi connectivity index (χ1v) is 8.48. The number of pyridine rings is 1. The van der Waals surface area contributed by atoms with Crippen molar-refractivity contribution in [2.75, 3.05) is 0 Å². The van der Waals surface area contributed by atoms with Crippen molar-refractivity contribution < 1.29 is 14.7 Å². The Kier molecular flexibility index (Phi) is 3.20. The molecule has 126 valence electrons. The minimum atomic E-state index is -0.794. The average molecular weight is 327 g/mol. The summed E-state index contributed by atoms with van der Waals surface area (Å²) >= 11 is 0. The molecule has 0 saturated carbocycles. The van der Waals surface area contributed by atoms with Gasteiger partial charge in [-0.15, -0.1) is 0 Å². The molecule has 2 saturated heterocycles. The highest BCUT2D eigenvalue weighted by molar-refractivity contribution is 6.01. The summed E-state index contributed by atoms with van der Waals surface area (Å²) in [5.41, 5.74) is 1.61. The van der Waals surface area contributed by atoms with Crippen LogP contribution in [0.5, 0.6) is 0 Å². The number of hydrogen-bond acceptors (Lipinski definition) is 3. The van der Waals surface area contributed by atoms with E-state index in [1.807, 2.05) is 37.1 Å². The number of aryl methyl sites for hydroxylation is 1. The Hall–Kier alpha value is -2.37. The Morgan fingerprint density at radius 1 is 1.38 bits per heavy atom. The van der Waals surface area contributed by atoms with E-state index in [9.17, 15) is 14.7 Å². The van der Waals surface area contributed by atoms with E-state index in [2.05, 4.69) is 5.10 Å².